The van der Waals surface area contributed by atoms with Gasteiger partial charge in [0.15, 0.2) is 0 Å². The fourth-order valence-electron chi connectivity index (χ4n) is 4.77. The molecule has 0 aromatic heterocycles. The van der Waals surface area contributed by atoms with Gasteiger partial charge in [0, 0.05) is 6.42 Å². The van der Waals surface area contributed by atoms with Crippen molar-refractivity contribution in [2.24, 2.45) is 5.10 Å². The maximum atomic E-state index is 5.15. The van der Waals surface area contributed by atoms with Crippen molar-refractivity contribution in [3.8, 4) is 0 Å². The van der Waals surface area contributed by atoms with E-state index in [-0.39, 0.29) is 6.04 Å². The number of fused-ring (bicyclic) bond motifs is 2. The standard InChI is InChI=1S/C29H22N2/c1-3-11-21(12-4-1)27-20-28(31(30-27)24-15-5-2-6-16-24)29-25-17-9-7-13-22(25)19-23-14-8-10-18-26(23)29/h1-19,28H,20H2. The van der Waals surface area contributed by atoms with Crippen LogP contribution in [0, 0.1) is 0 Å². The van der Waals surface area contributed by atoms with Gasteiger partial charge < -0.3 is 0 Å². The molecule has 1 atom stereocenters. The Morgan fingerprint density at radius 1 is 0.613 bits per heavy atom. The van der Waals surface area contributed by atoms with Gasteiger partial charge in [-0.05, 0) is 50.9 Å². The Morgan fingerprint density at radius 2 is 1.16 bits per heavy atom. The minimum Gasteiger partial charge on any atom is -0.257 e. The first-order valence-electron chi connectivity index (χ1n) is 10.8. The van der Waals surface area contributed by atoms with E-state index in [1.165, 1.54) is 32.7 Å². The van der Waals surface area contributed by atoms with Gasteiger partial charge in [0.25, 0.3) is 0 Å². The zero-order valence-electron chi connectivity index (χ0n) is 17.1. The lowest BCUT2D eigenvalue weighted by molar-refractivity contribution is 0.719. The third-order valence-corrected chi connectivity index (χ3v) is 6.18. The van der Waals surface area contributed by atoms with Crippen molar-refractivity contribution in [1.82, 2.24) is 0 Å². The van der Waals surface area contributed by atoms with E-state index < -0.39 is 0 Å². The number of nitrogens with zero attached hydrogens (tertiary/aromatic N) is 2. The van der Waals surface area contributed by atoms with Crippen LogP contribution in [0.15, 0.2) is 120 Å². The van der Waals surface area contributed by atoms with Crippen molar-refractivity contribution >= 4 is 32.9 Å². The predicted octanol–water partition coefficient (Wildman–Crippen LogP) is 7.35. The van der Waals surface area contributed by atoms with Crippen molar-refractivity contribution in [3.63, 3.8) is 0 Å². The normalized spacial score (nSPS) is 16.1. The van der Waals surface area contributed by atoms with E-state index >= 15 is 0 Å². The molecule has 0 spiro atoms. The lowest BCUT2D eigenvalue weighted by Gasteiger charge is -2.26. The summed E-state index contributed by atoms with van der Waals surface area (Å²) in [6.07, 6.45) is 0.872. The van der Waals surface area contributed by atoms with Gasteiger partial charge in [0.2, 0.25) is 0 Å². The van der Waals surface area contributed by atoms with Crippen molar-refractivity contribution in [3.05, 3.63) is 126 Å². The molecule has 0 amide bonds. The number of hydrazone groups is 1. The molecule has 0 N–H and O–H groups in total. The smallest absolute Gasteiger partial charge is 0.0843 e. The maximum Gasteiger partial charge on any atom is 0.0843 e. The summed E-state index contributed by atoms with van der Waals surface area (Å²) >= 11 is 0. The van der Waals surface area contributed by atoms with Crippen molar-refractivity contribution < 1.29 is 0 Å². The average Bonchev–Trinajstić information content (AvgIpc) is 3.28. The molecule has 0 fully saturated rings. The molecule has 31 heavy (non-hydrogen) atoms. The van der Waals surface area contributed by atoms with Crippen LogP contribution in [0.5, 0.6) is 0 Å². The maximum absolute atomic E-state index is 5.15. The van der Waals surface area contributed by atoms with Crippen LogP contribution in [-0.2, 0) is 0 Å². The number of hydrogen-bond acceptors (Lipinski definition) is 2. The van der Waals surface area contributed by atoms with E-state index in [1.54, 1.807) is 0 Å². The molecular formula is C29H22N2. The molecule has 5 aromatic rings. The Bertz CT molecular complexity index is 1350. The lowest BCUT2D eigenvalue weighted by Crippen LogP contribution is -2.19. The topological polar surface area (TPSA) is 15.6 Å². The van der Waals surface area contributed by atoms with Crippen molar-refractivity contribution in [2.75, 3.05) is 5.01 Å². The second-order valence-electron chi connectivity index (χ2n) is 8.05. The molecule has 1 aliphatic rings. The van der Waals surface area contributed by atoms with Gasteiger partial charge in [0.1, 0.15) is 0 Å². The van der Waals surface area contributed by atoms with Gasteiger partial charge in [-0.2, -0.15) is 5.10 Å². The largest absolute Gasteiger partial charge is 0.257 e. The van der Waals surface area contributed by atoms with Gasteiger partial charge in [-0.1, -0.05) is 97.1 Å². The van der Waals surface area contributed by atoms with Crippen LogP contribution in [0.2, 0.25) is 0 Å². The van der Waals surface area contributed by atoms with Gasteiger partial charge >= 0.3 is 0 Å². The Morgan fingerprint density at radius 3 is 1.81 bits per heavy atom. The highest BCUT2D eigenvalue weighted by molar-refractivity contribution is 6.07. The summed E-state index contributed by atoms with van der Waals surface area (Å²) in [6.45, 7) is 0. The molecule has 0 saturated carbocycles. The highest BCUT2D eigenvalue weighted by Crippen LogP contribution is 2.42. The molecular weight excluding hydrogens is 376 g/mol. The highest BCUT2D eigenvalue weighted by Gasteiger charge is 2.32. The SMILES string of the molecule is c1ccc(C2=NN(c3ccccc3)C(c3c4ccccc4cc4ccccc34)C2)cc1. The Labute approximate surface area is 182 Å². The fourth-order valence-corrected chi connectivity index (χ4v) is 4.77. The van der Waals surface area contributed by atoms with Gasteiger partial charge in [-0.15, -0.1) is 0 Å². The van der Waals surface area contributed by atoms with E-state index in [9.17, 15) is 0 Å². The third-order valence-electron chi connectivity index (χ3n) is 6.18. The number of para-hydroxylation sites is 1. The van der Waals surface area contributed by atoms with Crippen molar-refractivity contribution in [2.45, 2.75) is 12.5 Å². The van der Waals surface area contributed by atoms with Crippen LogP contribution in [0.4, 0.5) is 5.69 Å². The average molecular weight is 399 g/mol. The summed E-state index contributed by atoms with van der Waals surface area (Å²) in [5.74, 6) is 0. The van der Waals surface area contributed by atoms with Gasteiger partial charge in [-0.25, -0.2) is 0 Å². The van der Waals surface area contributed by atoms with Gasteiger partial charge in [-0.3, -0.25) is 5.01 Å². The first-order chi connectivity index (χ1) is 15.4. The van der Waals surface area contributed by atoms with E-state index in [0.717, 1.165) is 17.8 Å². The van der Waals surface area contributed by atoms with Crippen LogP contribution in [-0.4, -0.2) is 5.71 Å². The van der Waals surface area contributed by atoms with E-state index in [0.29, 0.717) is 0 Å². The number of rotatable bonds is 3. The van der Waals surface area contributed by atoms with Crippen LogP contribution in [0.25, 0.3) is 21.5 Å². The molecule has 1 aliphatic heterocycles. The number of hydrogen-bond donors (Lipinski definition) is 0. The first-order valence-corrected chi connectivity index (χ1v) is 10.8. The highest BCUT2D eigenvalue weighted by atomic mass is 15.5. The molecule has 0 aliphatic carbocycles. The second kappa shape index (κ2) is 7.41. The molecule has 6 rings (SSSR count). The van der Waals surface area contributed by atoms with E-state index in [2.05, 4.69) is 120 Å². The second-order valence-corrected chi connectivity index (χ2v) is 8.05. The summed E-state index contributed by atoms with van der Waals surface area (Å²) < 4.78 is 0. The molecule has 1 unspecified atom stereocenters. The lowest BCUT2D eigenvalue weighted by atomic mass is 9.89. The molecule has 0 radical (unpaired) electrons. The van der Waals surface area contributed by atoms with Crippen LogP contribution >= 0.6 is 0 Å². The molecule has 0 saturated heterocycles. The molecule has 2 heteroatoms. The summed E-state index contributed by atoms with van der Waals surface area (Å²) in [4.78, 5) is 0. The Kier molecular flexibility index (Phi) is 4.28. The van der Waals surface area contributed by atoms with Crippen LogP contribution in [0.1, 0.15) is 23.6 Å². The molecule has 5 aromatic carbocycles. The van der Waals surface area contributed by atoms with Gasteiger partial charge in [0.05, 0.1) is 17.4 Å². The molecule has 0 bridgehead atoms. The number of anilines is 1. The molecule has 148 valence electrons. The summed E-state index contributed by atoms with van der Waals surface area (Å²) in [6, 6.07) is 41.0. The summed E-state index contributed by atoms with van der Waals surface area (Å²) in [5, 5.41) is 12.5. The fraction of sp³-hybridized carbons (Fsp3) is 0.0690. The third kappa shape index (κ3) is 3.08. The summed E-state index contributed by atoms with van der Waals surface area (Å²) in [5.41, 5.74) is 4.80. The zero-order chi connectivity index (χ0) is 20.6. The molecule has 2 nitrogen and oxygen atoms in total. The minimum atomic E-state index is 0.133. The number of benzene rings is 5. The van der Waals surface area contributed by atoms with Crippen LogP contribution in [0.3, 0.4) is 0 Å². The van der Waals surface area contributed by atoms with Crippen LogP contribution < -0.4 is 5.01 Å². The molecule has 1 heterocycles. The monoisotopic (exact) mass is 398 g/mol. The summed E-state index contributed by atoms with van der Waals surface area (Å²) in [7, 11) is 0. The Balaban J connectivity index is 1.60. The van der Waals surface area contributed by atoms with E-state index in [1.807, 2.05) is 0 Å². The van der Waals surface area contributed by atoms with E-state index in [4.69, 9.17) is 5.10 Å². The van der Waals surface area contributed by atoms with Crippen molar-refractivity contribution in [1.29, 1.82) is 0 Å². The quantitative estimate of drug-likeness (QED) is 0.290. The Hall–Kier alpha value is -3.91. The first kappa shape index (κ1) is 17.9. The zero-order valence-corrected chi connectivity index (χ0v) is 17.1. The predicted molar refractivity (Wildman–Crippen MR) is 131 cm³/mol. The minimum absolute atomic E-state index is 0.133.